The molecule has 7 heteroatoms. The van der Waals surface area contributed by atoms with Crippen LogP contribution in [0.5, 0.6) is 0 Å². The highest BCUT2D eigenvalue weighted by molar-refractivity contribution is 9.10. The number of carbonyl (C=O) groups is 2. The molecule has 0 radical (unpaired) electrons. The molecular weight excluding hydrogens is 336 g/mol. The van der Waals surface area contributed by atoms with E-state index in [1.165, 1.54) is 0 Å². The third-order valence-electron chi connectivity index (χ3n) is 3.40. The molecule has 1 saturated heterocycles. The summed E-state index contributed by atoms with van der Waals surface area (Å²) < 4.78 is 0.729. The first-order valence-electron chi connectivity index (χ1n) is 6.90. The van der Waals surface area contributed by atoms with Crippen molar-refractivity contribution in [3.63, 3.8) is 0 Å². The number of halogens is 1. The normalized spacial score (nSPS) is 15.0. The first kappa shape index (κ1) is 15.6. The Labute approximate surface area is 132 Å². The Morgan fingerprint density at radius 3 is 2.48 bits per heavy atom. The zero-order valence-electron chi connectivity index (χ0n) is 11.9. The topological polar surface area (TPSA) is 78.7 Å². The summed E-state index contributed by atoms with van der Waals surface area (Å²) in [6.45, 7) is 4.62. The Hall–Kier alpha value is -1.76. The van der Waals surface area contributed by atoms with Crippen molar-refractivity contribution in [2.45, 2.75) is 6.92 Å². The highest BCUT2D eigenvalue weighted by atomic mass is 79.9. The van der Waals surface area contributed by atoms with E-state index in [2.05, 4.69) is 21.2 Å². The van der Waals surface area contributed by atoms with Gasteiger partial charge >= 0.3 is 6.03 Å². The van der Waals surface area contributed by atoms with Crippen LogP contribution in [0.3, 0.4) is 0 Å². The van der Waals surface area contributed by atoms with Crippen LogP contribution in [0, 0.1) is 0 Å². The molecule has 0 aliphatic carbocycles. The van der Waals surface area contributed by atoms with E-state index in [0.29, 0.717) is 44.0 Å². The molecule has 0 unspecified atom stereocenters. The van der Waals surface area contributed by atoms with Crippen molar-refractivity contribution in [2.24, 2.45) is 0 Å². The maximum absolute atomic E-state index is 12.5. The number of nitrogens with one attached hydrogen (secondary N) is 1. The molecule has 21 heavy (non-hydrogen) atoms. The average Bonchev–Trinajstić information content (AvgIpc) is 2.49. The summed E-state index contributed by atoms with van der Waals surface area (Å²) in [4.78, 5) is 27.7. The summed E-state index contributed by atoms with van der Waals surface area (Å²) >= 11 is 3.38. The van der Waals surface area contributed by atoms with Crippen molar-refractivity contribution < 1.29 is 9.59 Å². The van der Waals surface area contributed by atoms with Gasteiger partial charge in [-0.1, -0.05) is 0 Å². The number of carbonyl (C=O) groups excluding carboxylic acids is 2. The fourth-order valence-corrected chi connectivity index (χ4v) is 2.67. The smallest absolute Gasteiger partial charge is 0.317 e. The number of nitrogen functional groups attached to an aromatic ring is 1. The largest absolute Gasteiger partial charge is 0.399 e. The fourth-order valence-electron chi connectivity index (χ4n) is 2.25. The van der Waals surface area contributed by atoms with Crippen LogP contribution in [0.25, 0.3) is 0 Å². The molecule has 1 fully saturated rings. The molecule has 6 nitrogen and oxygen atoms in total. The minimum absolute atomic E-state index is 0.0651. The van der Waals surface area contributed by atoms with Gasteiger partial charge in [0.2, 0.25) is 0 Å². The molecule has 0 aromatic heterocycles. The molecule has 1 aromatic carbocycles. The number of piperazine rings is 1. The Morgan fingerprint density at radius 2 is 1.86 bits per heavy atom. The van der Waals surface area contributed by atoms with Crippen LogP contribution in [0.15, 0.2) is 22.7 Å². The molecule has 2 rings (SSSR count). The van der Waals surface area contributed by atoms with E-state index >= 15 is 0 Å². The minimum atomic E-state index is -0.0743. The van der Waals surface area contributed by atoms with Crippen molar-refractivity contribution >= 4 is 33.6 Å². The lowest BCUT2D eigenvalue weighted by Crippen LogP contribution is -2.53. The van der Waals surface area contributed by atoms with Crippen molar-refractivity contribution in [1.29, 1.82) is 0 Å². The third kappa shape index (κ3) is 3.66. The van der Waals surface area contributed by atoms with E-state index in [1.807, 2.05) is 6.92 Å². The van der Waals surface area contributed by atoms with Gasteiger partial charge in [-0.25, -0.2) is 4.79 Å². The molecule has 3 N–H and O–H groups in total. The molecule has 0 saturated carbocycles. The van der Waals surface area contributed by atoms with Gasteiger partial charge in [0, 0.05) is 42.9 Å². The molecule has 1 aliphatic heterocycles. The van der Waals surface area contributed by atoms with Gasteiger partial charge in [-0.3, -0.25) is 4.79 Å². The molecule has 0 spiro atoms. The standard InChI is InChI=1S/C14H19BrN4O2/c1-2-17-14(21)19-7-5-18(6-8-19)13(20)11-9-10(16)3-4-12(11)15/h3-4,9H,2,5-8,16H2,1H3,(H,17,21). The second-order valence-corrected chi connectivity index (χ2v) is 5.71. The molecule has 3 amide bonds. The zero-order chi connectivity index (χ0) is 15.4. The van der Waals surface area contributed by atoms with Crippen LogP contribution in [-0.4, -0.2) is 54.5 Å². The van der Waals surface area contributed by atoms with Gasteiger partial charge < -0.3 is 20.9 Å². The second kappa shape index (κ2) is 6.80. The number of hydrogen-bond donors (Lipinski definition) is 2. The second-order valence-electron chi connectivity index (χ2n) is 4.85. The number of amides is 3. The molecule has 1 aliphatic rings. The lowest BCUT2D eigenvalue weighted by molar-refractivity contribution is 0.0664. The van der Waals surface area contributed by atoms with Gasteiger partial charge in [0.1, 0.15) is 0 Å². The Bertz CT molecular complexity index is 542. The minimum Gasteiger partial charge on any atom is -0.399 e. The predicted molar refractivity (Wildman–Crippen MR) is 85.1 cm³/mol. The zero-order valence-corrected chi connectivity index (χ0v) is 13.5. The number of anilines is 1. The van der Waals surface area contributed by atoms with Crippen molar-refractivity contribution in [3.05, 3.63) is 28.2 Å². The van der Waals surface area contributed by atoms with Crippen LogP contribution in [0.2, 0.25) is 0 Å². The van der Waals surface area contributed by atoms with E-state index in [9.17, 15) is 9.59 Å². The Morgan fingerprint density at radius 1 is 1.24 bits per heavy atom. The van der Waals surface area contributed by atoms with Crippen LogP contribution in [0.1, 0.15) is 17.3 Å². The van der Waals surface area contributed by atoms with Crippen molar-refractivity contribution in [1.82, 2.24) is 15.1 Å². The van der Waals surface area contributed by atoms with E-state index in [-0.39, 0.29) is 11.9 Å². The summed E-state index contributed by atoms with van der Waals surface area (Å²) in [5.41, 5.74) is 6.85. The number of benzene rings is 1. The molecule has 1 aromatic rings. The lowest BCUT2D eigenvalue weighted by atomic mass is 10.1. The van der Waals surface area contributed by atoms with Crippen LogP contribution in [-0.2, 0) is 0 Å². The van der Waals surface area contributed by atoms with E-state index < -0.39 is 0 Å². The van der Waals surface area contributed by atoms with Crippen molar-refractivity contribution in [3.8, 4) is 0 Å². The summed E-state index contributed by atoms with van der Waals surface area (Å²) in [6.07, 6.45) is 0. The highest BCUT2D eigenvalue weighted by Crippen LogP contribution is 2.21. The van der Waals surface area contributed by atoms with Gasteiger partial charge in [-0.05, 0) is 41.1 Å². The average molecular weight is 355 g/mol. The molecule has 0 atom stereocenters. The van der Waals surface area contributed by atoms with Crippen LogP contribution in [0.4, 0.5) is 10.5 Å². The monoisotopic (exact) mass is 354 g/mol. The van der Waals surface area contributed by atoms with Crippen LogP contribution >= 0.6 is 15.9 Å². The lowest BCUT2D eigenvalue weighted by Gasteiger charge is -2.34. The molecule has 114 valence electrons. The van der Waals surface area contributed by atoms with Gasteiger partial charge in [0.25, 0.3) is 5.91 Å². The quantitative estimate of drug-likeness (QED) is 0.790. The van der Waals surface area contributed by atoms with Gasteiger partial charge in [0.15, 0.2) is 0 Å². The first-order chi connectivity index (χ1) is 10.0. The molecule has 0 bridgehead atoms. The maximum Gasteiger partial charge on any atom is 0.317 e. The summed E-state index contributed by atoms with van der Waals surface area (Å²) in [6, 6.07) is 5.11. The highest BCUT2D eigenvalue weighted by Gasteiger charge is 2.25. The Balaban J connectivity index is 2.00. The van der Waals surface area contributed by atoms with Gasteiger partial charge in [-0.2, -0.15) is 0 Å². The van der Waals surface area contributed by atoms with Gasteiger partial charge in [0.05, 0.1) is 5.56 Å². The molecule has 1 heterocycles. The van der Waals surface area contributed by atoms with E-state index in [4.69, 9.17) is 5.73 Å². The number of rotatable bonds is 2. The van der Waals surface area contributed by atoms with Crippen molar-refractivity contribution in [2.75, 3.05) is 38.5 Å². The summed E-state index contributed by atoms with van der Waals surface area (Å²) in [7, 11) is 0. The van der Waals surface area contributed by atoms with Crippen LogP contribution < -0.4 is 11.1 Å². The molecular formula is C14H19BrN4O2. The number of nitrogens with zero attached hydrogens (tertiary/aromatic N) is 2. The maximum atomic E-state index is 12.5. The number of urea groups is 1. The summed E-state index contributed by atoms with van der Waals surface area (Å²) in [5, 5.41) is 2.77. The SMILES string of the molecule is CCNC(=O)N1CCN(C(=O)c2cc(N)ccc2Br)CC1. The summed E-state index contributed by atoms with van der Waals surface area (Å²) in [5.74, 6) is -0.0651. The predicted octanol–water partition coefficient (Wildman–Crippen LogP) is 1.52. The fraction of sp³-hybridized carbons (Fsp3) is 0.429. The number of nitrogens with two attached hydrogens (primary N) is 1. The number of hydrogen-bond acceptors (Lipinski definition) is 3. The van der Waals surface area contributed by atoms with E-state index in [1.54, 1.807) is 28.0 Å². The van der Waals surface area contributed by atoms with E-state index in [0.717, 1.165) is 4.47 Å². The first-order valence-corrected chi connectivity index (χ1v) is 7.69. The third-order valence-corrected chi connectivity index (χ3v) is 4.09. The van der Waals surface area contributed by atoms with Gasteiger partial charge in [-0.15, -0.1) is 0 Å². The Kier molecular flexibility index (Phi) is 5.06.